The SMILES string of the molecule is CCC(CC)C(=O)N1CCC2(CC1)C[C@H](CC(=O)N1CCCC1)c1ccccc1O2. The minimum absolute atomic E-state index is 0.137. The molecule has 0 radical (unpaired) electrons. The summed E-state index contributed by atoms with van der Waals surface area (Å²) in [6, 6.07) is 8.23. The van der Waals surface area contributed by atoms with E-state index in [0.717, 1.165) is 76.9 Å². The highest BCUT2D eigenvalue weighted by Gasteiger charge is 2.45. The van der Waals surface area contributed by atoms with Gasteiger partial charge in [0.1, 0.15) is 11.4 Å². The van der Waals surface area contributed by atoms with Crippen molar-refractivity contribution >= 4 is 11.8 Å². The molecule has 1 atom stereocenters. The molecule has 1 aromatic carbocycles. The van der Waals surface area contributed by atoms with Crippen molar-refractivity contribution in [3.05, 3.63) is 29.8 Å². The molecule has 2 fully saturated rings. The highest BCUT2D eigenvalue weighted by molar-refractivity contribution is 5.79. The summed E-state index contributed by atoms with van der Waals surface area (Å²) in [5.41, 5.74) is 0.917. The molecule has 0 aliphatic carbocycles. The Balaban J connectivity index is 1.47. The van der Waals surface area contributed by atoms with Crippen molar-refractivity contribution in [3.63, 3.8) is 0 Å². The first-order valence-corrected chi connectivity index (χ1v) is 11.9. The normalized spacial score (nSPS) is 22.8. The van der Waals surface area contributed by atoms with Crippen LogP contribution in [-0.2, 0) is 9.59 Å². The van der Waals surface area contributed by atoms with Crippen LogP contribution < -0.4 is 4.74 Å². The quantitative estimate of drug-likeness (QED) is 0.722. The number of benzene rings is 1. The molecule has 1 spiro atoms. The molecule has 164 valence electrons. The van der Waals surface area contributed by atoms with Gasteiger partial charge in [-0.1, -0.05) is 32.0 Å². The zero-order valence-electron chi connectivity index (χ0n) is 18.6. The summed E-state index contributed by atoms with van der Waals surface area (Å²) >= 11 is 0. The molecule has 0 bridgehead atoms. The third-order valence-corrected chi connectivity index (χ3v) is 7.50. The third-order valence-electron chi connectivity index (χ3n) is 7.50. The van der Waals surface area contributed by atoms with Crippen molar-refractivity contribution < 1.29 is 14.3 Å². The average molecular weight is 413 g/mol. The predicted molar refractivity (Wildman–Crippen MR) is 117 cm³/mol. The first-order valence-electron chi connectivity index (χ1n) is 11.9. The topological polar surface area (TPSA) is 49.9 Å². The molecule has 2 amide bonds. The number of likely N-dealkylation sites (tertiary alicyclic amines) is 2. The van der Waals surface area contributed by atoms with Crippen LogP contribution in [0.25, 0.3) is 0 Å². The molecule has 4 rings (SSSR count). The monoisotopic (exact) mass is 412 g/mol. The van der Waals surface area contributed by atoms with Gasteiger partial charge in [-0.05, 0) is 43.7 Å². The average Bonchev–Trinajstić information content (AvgIpc) is 3.30. The minimum atomic E-state index is -0.255. The van der Waals surface area contributed by atoms with Gasteiger partial charge >= 0.3 is 0 Å². The van der Waals surface area contributed by atoms with Gasteiger partial charge in [0.2, 0.25) is 11.8 Å². The minimum Gasteiger partial charge on any atom is -0.487 e. The number of fused-ring (bicyclic) bond motifs is 1. The van der Waals surface area contributed by atoms with Crippen molar-refractivity contribution in [2.24, 2.45) is 5.92 Å². The van der Waals surface area contributed by atoms with Crippen molar-refractivity contribution in [1.82, 2.24) is 9.80 Å². The largest absolute Gasteiger partial charge is 0.487 e. The molecule has 30 heavy (non-hydrogen) atoms. The Morgan fingerprint density at radius 2 is 1.70 bits per heavy atom. The molecule has 0 unspecified atom stereocenters. The molecule has 2 saturated heterocycles. The van der Waals surface area contributed by atoms with Crippen LogP contribution >= 0.6 is 0 Å². The van der Waals surface area contributed by atoms with Gasteiger partial charge in [-0.15, -0.1) is 0 Å². The van der Waals surface area contributed by atoms with Crippen LogP contribution in [0.1, 0.15) is 76.7 Å². The molecule has 1 aromatic rings. The Kier molecular flexibility index (Phi) is 6.35. The fraction of sp³-hybridized carbons (Fsp3) is 0.680. The van der Waals surface area contributed by atoms with E-state index in [-0.39, 0.29) is 23.3 Å². The smallest absolute Gasteiger partial charge is 0.225 e. The van der Waals surface area contributed by atoms with E-state index in [2.05, 4.69) is 19.9 Å². The Bertz CT molecular complexity index is 759. The maximum atomic E-state index is 12.9. The zero-order chi connectivity index (χ0) is 21.1. The molecular weight excluding hydrogens is 376 g/mol. The van der Waals surface area contributed by atoms with E-state index < -0.39 is 0 Å². The predicted octanol–water partition coefficient (Wildman–Crippen LogP) is 4.36. The highest BCUT2D eigenvalue weighted by atomic mass is 16.5. The van der Waals surface area contributed by atoms with Crippen molar-refractivity contribution in [1.29, 1.82) is 0 Å². The number of para-hydroxylation sites is 1. The van der Waals surface area contributed by atoms with Gasteiger partial charge in [0.25, 0.3) is 0 Å². The van der Waals surface area contributed by atoms with E-state index in [1.807, 2.05) is 28.0 Å². The van der Waals surface area contributed by atoms with E-state index >= 15 is 0 Å². The van der Waals surface area contributed by atoms with Gasteiger partial charge in [0, 0.05) is 57.3 Å². The first-order chi connectivity index (χ1) is 14.5. The second kappa shape index (κ2) is 8.99. The number of piperidine rings is 1. The Morgan fingerprint density at radius 1 is 1.03 bits per heavy atom. The van der Waals surface area contributed by atoms with Gasteiger partial charge in [-0.3, -0.25) is 9.59 Å². The van der Waals surface area contributed by atoms with Gasteiger partial charge < -0.3 is 14.5 Å². The molecule has 3 heterocycles. The molecular formula is C25H36N2O3. The first kappa shape index (κ1) is 21.2. The van der Waals surface area contributed by atoms with Gasteiger partial charge in [-0.25, -0.2) is 0 Å². The Hall–Kier alpha value is -2.04. The maximum Gasteiger partial charge on any atom is 0.225 e. The highest BCUT2D eigenvalue weighted by Crippen LogP contribution is 2.47. The van der Waals surface area contributed by atoms with Crippen molar-refractivity contribution in [2.75, 3.05) is 26.2 Å². The van der Waals surface area contributed by atoms with Gasteiger partial charge in [0.05, 0.1) is 0 Å². The lowest BCUT2D eigenvalue weighted by Gasteiger charge is -2.47. The van der Waals surface area contributed by atoms with Crippen LogP contribution in [0.15, 0.2) is 24.3 Å². The summed E-state index contributed by atoms with van der Waals surface area (Å²) < 4.78 is 6.58. The lowest BCUT2D eigenvalue weighted by molar-refractivity contribution is -0.140. The lowest BCUT2D eigenvalue weighted by Crippen LogP contribution is -2.53. The summed E-state index contributed by atoms with van der Waals surface area (Å²) in [6.07, 6.45) is 7.20. The zero-order valence-corrected chi connectivity index (χ0v) is 18.6. The van der Waals surface area contributed by atoms with E-state index in [9.17, 15) is 9.59 Å². The lowest BCUT2D eigenvalue weighted by atomic mass is 9.76. The number of carbonyl (C=O) groups excluding carboxylic acids is 2. The number of rotatable bonds is 5. The number of nitrogens with zero attached hydrogens (tertiary/aromatic N) is 2. The van der Waals surface area contributed by atoms with Crippen LogP contribution in [0, 0.1) is 5.92 Å². The number of carbonyl (C=O) groups is 2. The van der Waals surface area contributed by atoms with Crippen LogP contribution in [0.2, 0.25) is 0 Å². The van der Waals surface area contributed by atoms with Crippen LogP contribution in [0.3, 0.4) is 0 Å². The van der Waals surface area contributed by atoms with Crippen LogP contribution in [-0.4, -0.2) is 53.4 Å². The summed E-state index contributed by atoms with van der Waals surface area (Å²) in [7, 11) is 0. The fourth-order valence-electron chi connectivity index (χ4n) is 5.57. The summed E-state index contributed by atoms with van der Waals surface area (Å²) in [4.78, 5) is 29.8. The molecule has 5 nitrogen and oxygen atoms in total. The summed E-state index contributed by atoms with van der Waals surface area (Å²) in [5, 5.41) is 0. The number of ether oxygens (including phenoxy) is 1. The van der Waals surface area contributed by atoms with Crippen LogP contribution in [0.5, 0.6) is 5.75 Å². The van der Waals surface area contributed by atoms with Gasteiger partial charge in [0.15, 0.2) is 0 Å². The van der Waals surface area contributed by atoms with Crippen molar-refractivity contribution in [3.8, 4) is 5.75 Å². The second-order valence-corrected chi connectivity index (χ2v) is 9.35. The van der Waals surface area contributed by atoms with Crippen molar-refractivity contribution in [2.45, 2.75) is 76.7 Å². The standard InChI is InChI=1S/C25H36N2O3/c1-3-19(4-2)24(29)27-15-11-25(12-16-27)18-20(17-23(28)26-13-7-8-14-26)21-9-5-6-10-22(21)30-25/h5-6,9-10,19-20H,3-4,7-8,11-18H2,1-2H3/t20-/m0/s1. The molecule has 0 aromatic heterocycles. The summed E-state index contributed by atoms with van der Waals surface area (Å²) in [6.45, 7) is 7.51. The summed E-state index contributed by atoms with van der Waals surface area (Å²) in [5.74, 6) is 1.85. The number of amides is 2. The molecule has 3 aliphatic rings. The Morgan fingerprint density at radius 3 is 2.37 bits per heavy atom. The van der Waals surface area contributed by atoms with Gasteiger partial charge in [-0.2, -0.15) is 0 Å². The van der Waals surface area contributed by atoms with E-state index in [1.54, 1.807) is 0 Å². The van der Waals surface area contributed by atoms with Crippen LogP contribution in [0.4, 0.5) is 0 Å². The fourth-order valence-corrected chi connectivity index (χ4v) is 5.57. The maximum absolute atomic E-state index is 12.9. The second-order valence-electron chi connectivity index (χ2n) is 9.35. The van der Waals surface area contributed by atoms with E-state index in [4.69, 9.17) is 4.74 Å². The van der Waals surface area contributed by atoms with E-state index in [1.165, 1.54) is 5.56 Å². The number of hydrogen-bond donors (Lipinski definition) is 0. The van der Waals surface area contributed by atoms with E-state index in [0.29, 0.717) is 12.3 Å². The number of hydrogen-bond acceptors (Lipinski definition) is 3. The molecule has 0 saturated carbocycles. The Labute approximate surface area is 180 Å². The molecule has 3 aliphatic heterocycles. The third kappa shape index (κ3) is 4.21. The molecule has 0 N–H and O–H groups in total. The molecule has 5 heteroatoms.